The van der Waals surface area contributed by atoms with Crippen molar-refractivity contribution in [3.8, 4) is 0 Å². The second kappa shape index (κ2) is 4.14. The summed E-state index contributed by atoms with van der Waals surface area (Å²) in [6.07, 6.45) is 6.53. The van der Waals surface area contributed by atoms with Gasteiger partial charge in [-0.05, 0) is 26.7 Å². The molecule has 3 rings (SSSR count). The van der Waals surface area contributed by atoms with E-state index >= 15 is 0 Å². The smallest absolute Gasteiger partial charge is 0.203 e. The molecule has 0 aliphatic heterocycles. The first-order chi connectivity index (χ1) is 8.24. The average molecular weight is 248 g/mol. The van der Waals surface area contributed by atoms with E-state index in [1.807, 2.05) is 18.5 Å². The van der Waals surface area contributed by atoms with Gasteiger partial charge in [0.1, 0.15) is 5.01 Å². The fourth-order valence-corrected chi connectivity index (χ4v) is 2.60. The van der Waals surface area contributed by atoms with E-state index in [1.54, 1.807) is 11.3 Å². The Morgan fingerprint density at radius 1 is 1.53 bits per heavy atom. The van der Waals surface area contributed by atoms with Gasteiger partial charge in [-0.25, -0.2) is 9.97 Å². The van der Waals surface area contributed by atoms with Crippen molar-refractivity contribution in [2.24, 2.45) is 0 Å². The van der Waals surface area contributed by atoms with E-state index in [9.17, 15) is 0 Å². The summed E-state index contributed by atoms with van der Waals surface area (Å²) >= 11 is 1.68. The molecule has 2 heterocycles. The quantitative estimate of drug-likeness (QED) is 0.903. The van der Waals surface area contributed by atoms with Crippen molar-refractivity contribution in [3.05, 3.63) is 28.5 Å². The van der Waals surface area contributed by atoms with Crippen molar-refractivity contribution in [1.82, 2.24) is 14.5 Å². The highest BCUT2D eigenvalue weighted by molar-refractivity contribution is 7.09. The van der Waals surface area contributed by atoms with E-state index in [0.717, 1.165) is 16.6 Å². The molecule has 0 radical (unpaired) electrons. The number of aromatic nitrogens is 3. The fourth-order valence-electron chi connectivity index (χ4n) is 1.96. The van der Waals surface area contributed by atoms with Gasteiger partial charge < -0.3 is 9.88 Å². The fraction of sp³-hybridized carbons (Fsp3) is 0.500. The van der Waals surface area contributed by atoms with Crippen molar-refractivity contribution < 1.29 is 0 Å². The second-order valence-electron chi connectivity index (χ2n) is 4.58. The summed E-state index contributed by atoms with van der Waals surface area (Å²) in [6.45, 7) is 4.16. The third-order valence-corrected chi connectivity index (χ3v) is 3.92. The van der Waals surface area contributed by atoms with Crippen molar-refractivity contribution in [2.75, 3.05) is 5.32 Å². The van der Waals surface area contributed by atoms with Gasteiger partial charge in [0.2, 0.25) is 5.95 Å². The van der Waals surface area contributed by atoms with Crippen molar-refractivity contribution >= 4 is 17.3 Å². The predicted molar refractivity (Wildman–Crippen MR) is 69.4 cm³/mol. The molecule has 1 unspecified atom stereocenters. The third-order valence-electron chi connectivity index (χ3n) is 2.96. The van der Waals surface area contributed by atoms with Crippen LogP contribution >= 0.6 is 11.3 Å². The predicted octanol–water partition coefficient (Wildman–Crippen LogP) is 3.16. The number of thiazole rings is 1. The Labute approximate surface area is 105 Å². The van der Waals surface area contributed by atoms with Crippen LogP contribution in [0.1, 0.15) is 42.6 Å². The van der Waals surface area contributed by atoms with Gasteiger partial charge in [-0.2, -0.15) is 0 Å². The summed E-state index contributed by atoms with van der Waals surface area (Å²) in [4.78, 5) is 8.88. The molecule has 2 aromatic heterocycles. The zero-order valence-electron chi connectivity index (χ0n) is 10.1. The molecule has 1 fully saturated rings. The van der Waals surface area contributed by atoms with E-state index in [2.05, 4.69) is 33.0 Å². The standard InChI is InChI=1S/C12H16N4S/c1-8-7-16(10-3-4-10)12(14-8)15-9(2)11-13-5-6-17-11/h5-7,9-10H,3-4H2,1-2H3,(H,14,15). The van der Waals surface area contributed by atoms with Crippen molar-refractivity contribution in [1.29, 1.82) is 0 Å². The highest BCUT2D eigenvalue weighted by atomic mass is 32.1. The lowest BCUT2D eigenvalue weighted by atomic mass is 10.4. The third kappa shape index (κ3) is 2.20. The van der Waals surface area contributed by atoms with Crippen LogP contribution in [-0.4, -0.2) is 14.5 Å². The Balaban J connectivity index is 1.80. The molecule has 90 valence electrons. The van der Waals surface area contributed by atoms with Crippen molar-refractivity contribution in [3.63, 3.8) is 0 Å². The summed E-state index contributed by atoms with van der Waals surface area (Å²) in [5, 5.41) is 6.57. The van der Waals surface area contributed by atoms with E-state index in [-0.39, 0.29) is 6.04 Å². The minimum absolute atomic E-state index is 0.217. The summed E-state index contributed by atoms with van der Waals surface area (Å²) < 4.78 is 2.26. The van der Waals surface area contributed by atoms with Crippen LogP contribution in [0.5, 0.6) is 0 Å². The van der Waals surface area contributed by atoms with Gasteiger partial charge in [0.25, 0.3) is 0 Å². The SMILES string of the molecule is Cc1cn(C2CC2)c(NC(C)c2nccs2)n1. The largest absolute Gasteiger partial charge is 0.347 e. The highest BCUT2D eigenvalue weighted by Crippen LogP contribution is 2.38. The molecule has 1 saturated carbocycles. The Morgan fingerprint density at radius 3 is 3.00 bits per heavy atom. The molecule has 1 aliphatic rings. The van der Waals surface area contributed by atoms with Gasteiger partial charge in [-0.1, -0.05) is 0 Å². The lowest BCUT2D eigenvalue weighted by Crippen LogP contribution is -2.11. The summed E-state index contributed by atoms with van der Waals surface area (Å²) in [5.74, 6) is 0.979. The maximum absolute atomic E-state index is 4.55. The number of hydrogen-bond acceptors (Lipinski definition) is 4. The second-order valence-corrected chi connectivity index (χ2v) is 5.51. The molecular formula is C12H16N4S. The molecule has 0 aromatic carbocycles. The van der Waals surface area contributed by atoms with Crippen LogP contribution in [0, 0.1) is 6.92 Å². The summed E-state index contributed by atoms with van der Waals surface area (Å²) in [5.41, 5.74) is 1.07. The number of nitrogens with one attached hydrogen (secondary N) is 1. The first-order valence-electron chi connectivity index (χ1n) is 5.95. The van der Waals surface area contributed by atoms with Crippen LogP contribution in [0.15, 0.2) is 17.8 Å². The molecular weight excluding hydrogens is 232 g/mol. The van der Waals surface area contributed by atoms with Gasteiger partial charge in [0, 0.05) is 23.8 Å². The molecule has 0 saturated heterocycles. The zero-order valence-corrected chi connectivity index (χ0v) is 10.9. The lowest BCUT2D eigenvalue weighted by molar-refractivity contribution is 0.726. The molecule has 2 aromatic rings. The molecule has 4 nitrogen and oxygen atoms in total. The maximum Gasteiger partial charge on any atom is 0.203 e. The molecule has 0 spiro atoms. The number of anilines is 1. The van der Waals surface area contributed by atoms with Crippen LogP contribution in [-0.2, 0) is 0 Å². The Hall–Kier alpha value is -1.36. The molecule has 5 heteroatoms. The topological polar surface area (TPSA) is 42.7 Å². The molecule has 0 bridgehead atoms. The summed E-state index contributed by atoms with van der Waals surface area (Å²) in [7, 11) is 0. The minimum atomic E-state index is 0.217. The van der Waals surface area contributed by atoms with Crippen molar-refractivity contribution in [2.45, 2.75) is 38.8 Å². The average Bonchev–Trinajstić information content (AvgIpc) is 2.86. The molecule has 1 atom stereocenters. The lowest BCUT2D eigenvalue weighted by Gasteiger charge is -2.13. The Bertz CT molecular complexity index is 499. The Kier molecular flexibility index (Phi) is 2.63. The minimum Gasteiger partial charge on any atom is -0.347 e. The molecule has 17 heavy (non-hydrogen) atoms. The van der Waals surface area contributed by atoms with Gasteiger partial charge >= 0.3 is 0 Å². The monoisotopic (exact) mass is 248 g/mol. The number of aryl methyl sites for hydroxylation is 1. The van der Waals surface area contributed by atoms with E-state index < -0.39 is 0 Å². The first kappa shape index (κ1) is 10.8. The number of rotatable bonds is 4. The van der Waals surface area contributed by atoms with Gasteiger partial charge in [-0.3, -0.25) is 0 Å². The van der Waals surface area contributed by atoms with Crippen LogP contribution in [0.2, 0.25) is 0 Å². The summed E-state index contributed by atoms with van der Waals surface area (Å²) in [6, 6.07) is 0.872. The number of nitrogens with zero attached hydrogens (tertiary/aromatic N) is 3. The Morgan fingerprint density at radius 2 is 2.35 bits per heavy atom. The van der Waals surface area contributed by atoms with Crippen LogP contribution in [0.25, 0.3) is 0 Å². The molecule has 1 aliphatic carbocycles. The maximum atomic E-state index is 4.55. The van der Waals surface area contributed by atoms with Gasteiger partial charge in [-0.15, -0.1) is 11.3 Å². The van der Waals surface area contributed by atoms with E-state index in [0.29, 0.717) is 6.04 Å². The molecule has 0 amide bonds. The zero-order chi connectivity index (χ0) is 11.8. The number of hydrogen-bond donors (Lipinski definition) is 1. The van der Waals surface area contributed by atoms with E-state index in [4.69, 9.17) is 0 Å². The number of imidazole rings is 1. The van der Waals surface area contributed by atoms with Crippen LogP contribution in [0.4, 0.5) is 5.95 Å². The van der Waals surface area contributed by atoms with E-state index in [1.165, 1.54) is 12.8 Å². The normalized spacial score (nSPS) is 17.1. The van der Waals surface area contributed by atoms with Crippen LogP contribution in [0.3, 0.4) is 0 Å². The highest BCUT2D eigenvalue weighted by Gasteiger charge is 2.26. The molecule has 1 N–H and O–H groups in total. The van der Waals surface area contributed by atoms with Gasteiger partial charge in [0.15, 0.2) is 0 Å². The van der Waals surface area contributed by atoms with Crippen LogP contribution < -0.4 is 5.32 Å². The first-order valence-corrected chi connectivity index (χ1v) is 6.83. The van der Waals surface area contributed by atoms with Gasteiger partial charge in [0.05, 0.1) is 11.7 Å².